The van der Waals surface area contributed by atoms with Gasteiger partial charge < -0.3 is 10.4 Å². The van der Waals surface area contributed by atoms with Crippen LogP contribution in [0.5, 0.6) is 0 Å². The highest BCUT2D eigenvalue weighted by atomic mass is 79.9. The molecule has 0 radical (unpaired) electrons. The Hall–Kier alpha value is -1.05. The number of nitriles is 1. The Morgan fingerprint density at radius 3 is 2.93 bits per heavy atom. The van der Waals surface area contributed by atoms with Gasteiger partial charge in [0.05, 0.1) is 17.4 Å². The standard InChI is InChI=1S/C10H11BrN2O/c1-7(14)6-13-10-4-9(11)3-2-8(10)5-12/h2-4,7,13-14H,6H2,1H3/t7-/m0/s1. The van der Waals surface area contributed by atoms with Crippen molar-refractivity contribution in [3.8, 4) is 6.07 Å². The molecule has 0 unspecified atom stereocenters. The molecule has 0 aliphatic carbocycles. The molecule has 0 aromatic heterocycles. The predicted octanol–water partition coefficient (Wildman–Crippen LogP) is 2.11. The van der Waals surface area contributed by atoms with E-state index in [2.05, 4.69) is 27.3 Å². The largest absolute Gasteiger partial charge is 0.392 e. The number of benzene rings is 1. The van der Waals surface area contributed by atoms with Crippen molar-refractivity contribution in [2.75, 3.05) is 11.9 Å². The van der Waals surface area contributed by atoms with Gasteiger partial charge in [0, 0.05) is 11.0 Å². The molecule has 1 rings (SSSR count). The van der Waals surface area contributed by atoms with Crippen LogP contribution in [-0.2, 0) is 0 Å². The van der Waals surface area contributed by atoms with Gasteiger partial charge in [0.25, 0.3) is 0 Å². The molecule has 4 heteroatoms. The number of nitrogens with zero attached hydrogens (tertiary/aromatic N) is 1. The van der Waals surface area contributed by atoms with Crippen LogP contribution in [0.25, 0.3) is 0 Å². The van der Waals surface area contributed by atoms with Gasteiger partial charge in [-0.1, -0.05) is 15.9 Å². The topological polar surface area (TPSA) is 56.0 Å². The Bertz CT molecular complexity index is 358. The second kappa shape index (κ2) is 4.99. The third kappa shape index (κ3) is 3.02. The molecule has 0 aliphatic rings. The van der Waals surface area contributed by atoms with Crippen LogP contribution in [0.2, 0.25) is 0 Å². The molecule has 0 aliphatic heterocycles. The fourth-order valence-corrected chi connectivity index (χ4v) is 1.38. The molecule has 14 heavy (non-hydrogen) atoms. The minimum atomic E-state index is -0.430. The van der Waals surface area contributed by atoms with Crippen molar-refractivity contribution in [3.05, 3.63) is 28.2 Å². The zero-order chi connectivity index (χ0) is 10.6. The van der Waals surface area contributed by atoms with Crippen molar-refractivity contribution in [1.82, 2.24) is 0 Å². The first-order chi connectivity index (χ1) is 6.63. The molecular formula is C10H11BrN2O. The molecule has 0 saturated heterocycles. The molecule has 0 amide bonds. The van der Waals surface area contributed by atoms with Crippen molar-refractivity contribution in [3.63, 3.8) is 0 Å². The van der Waals surface area contributed by atoms with E-state index in [0.717, 1.165) is 10.2 Å². The molecule has 1 aromatic rings. The van der Waals surface area contributed by atoms with Crippen molar-refractivity contribution in [2.24, 2.45) is 0 Å². The maximum absolute atomic E-state index is 9.09. The van der Waals surface area contributed by atoms with E-state index in [0.29, 0.717) is 12.1 Å². The number of anilines is 1. The van der Waals surface area contributed by atoms with Gasteiger partial charge >= 0.3 is 0 Å². The lowest BCUT2D eigenvalue weighted by molar-refractivity contribution is 0.208. The number of halogens is 1. The molecule has 74 valence electrons. The summed E-state index contributed by atoms with van der Waals surface area (Å²) in [5.74, 6) is 0. The van der Waals surface area contributed by atoms with Crippen LogP contribution in [-0.4, -0.2) is 17.8 Å². The molecule has 0 spiro atoms. The quantitative estimate of drug-likeness (QED) is 0.869. The lowest BCUT2D eigenvalue weighted by Gasteiger charge is -2.09. The molecule has 0 fully saturated rings. The number of hydrogen-bond donors (Lipinski definition) is 2. The van der Waals surface area contributed by atoms with Crippen LogP contribution in [0.3, 0.4) is 0 Å². The summed E-state index contributed by atoms with van der Waals surface area (Å²) in [6.07, 6.45) is -0.430. The molecule has 0 heterocycles. The maximum Gasteiger partial charge on any atom is 0.101 e. The Morgan fingerprint density at radius 1 is 1.64 bits per heavy atom. The zero-order valence-corrected chi connectivity index (χ0v) is 9.37. The summed E-state index contributed by atoms with van der Waals surface area (Å²) in [6.45, 7) is 2.13. The number of aliphatic hydroxyl groups excluding tert-OH is 1. The van der Waals surface area contributed by atoms with Gasteiger partial charge in [0.1, 0.15) is 6.07 Å². The van der Waals surface area contributed by atoms with E-state index in [-0.39, 0.29) is 0 Å². The molecule has 3 nitrogen and oxygen atoms in total. The first-order valence-corrected chi connectivity index (χ1v) is 5.04. The zero-order valence-electron chi connectivity index (χ0n) is 7.79. The fourth-order valence-electron chi connectivity index (χ4n) is 1.02. The second-order valence-electron chi connectivity index (χ2n) is 3.03. The predicted molar refractivity (Wildman–Crippen MR) is 59.0 cm³/mol. The van der Waals surface area contributed by atoms with Crippen LogP contribution in [0.4, 0.5) is 5.69 Å². The lowest BCUT2D eigenvalue weighted by Crippen LogP contribution is -2.15. The highest BCUT2D eigenvalue weighted by molar-refractivity contribution is 9.10. The van der Waals surface area contributed by atoms with Gasteiger partial charge in [0.15, 0.2) is 0 Å². The normalized spacial score (nSPS) is 11.9. The number of nitrogens with one attached hydrogen (secondary N) is 1. The van der Waals surface area contributed by atoms with Gasteiger partial charge in [0.2, 0.25) is 0 Å². The van der Waals surface area contributed by atoms with E-state index in [1.54, 1.807) is 13.0 Å². The SMILES string of the molecule is C[C@H](O)CNc1cc(Br)ccc1C#N. The highest BCUT2D eigenvalue weighted by Crippen LogP contribution is 2.20. The van der Waals surface area contributed by atoms with Crippen molar-refractivity contribution in [2.45, 2.75) is 13.0 Å². The first-order valence-electron chi connectivity index (χ1n) is 4.25. The van der Waals surface area contributed by atoms with Crippen molar-refractivity contribution >= 4 is 21.6 Å². The molecule has 1 aromatic carbocycles. The molecule has 0 bridgehead atoms. The third-order valence-corrected chi connectivity index (χ3v) is 2.18. The number of hydrogen-bond acceptors (Lipinski definition) is 3. The van der Waals surface area contributed by atoms with E-state index >= 15 is 0 Å². The summed E-state index contributed by atoms with van der Waals surface area (Å²) >= 11 is 3.32. The summed E-state index contributed by atoms with van der Waals surface area (Å²) < 4.78 is 0.907. The average Bonchev–Trinajstić information content (AvgIpc) is 2.15. The summed E-state index contributed by atoms with van der Waals surface area (Å²) in [6, 6.07) is 7.44. The molecule has 0 saturated carbocycles. The monoisotopic (exact) mass is 254 g/mol. The minimum Gasteiger partial charge on any atom is -0.392 e. The van der Waals surface area contributed by atoms with E-state index in [1.165, 1.54) is 0 Å². The summed E-state index contributed by atoms with van der Waals surface area (Å²) in [5.41, 5.74) is 1.32. The Kier molecular flexibility index (Phi) is 3.93. The average molecular weight is 255 g/mol. The lowest BCUT2D eigenvalue weighted by atomic mass is 10.2. The van der Waals surface area contributed by atoms with Crippen LogP contribution in [0.1, 0.15) is 12.5 Å². The Labute approximate surface area is 91.5 Å². The second-order valence-corrected chi connectivity index (χ2v) is 3.95. The van der Waals surface area contributed by atoms with Crippen LogP contribution in [0.15, 0.2) is 22.7 Å². The van der Waals surface area contributed by atoms with E-state index < -0.39 is 6.10 Å². The van der Waals surface area contributed by atoms with Gasteiger partial charge in [-0.05, 0) is 25.1 Å². The fraction of sp³-hybridized carbons (Fsp3) is 0.300. The van der Waals surface area contributed by atoms with Crippen LogP contribution < -0.4 is 5.32 Å². The number of aliphatic hydroxyl groups is 1. The summed E-state index contributed by atoms with van der Waals surface area (Å²) in [5, 5.41) is 20.9. The van der Waals surface area contributed by atoms with Gasteiger partial charge in [-0.3, -0.25) is 0 Å². The highest BCUT2D eigenvalue weighted by Gasteiger charge is 2.03. The van der Waals surface area contributed by atoms with Crippen molar-refractivity contribution < 1.29 is 5.11 Å². The molecule has 2 N–H and O–H groups in total. The number of rotatable bonds is 3. The summed E-state index contributed by atoms with van der Waals surface area (Å²) in [4.78, 5) is 0. The first kappa shape index (κ1) is 11.0. The minimum absolute atomic E-state index is 0.430. The van der Waals surface area contributed by atoms with Gasteiger partial charge in [-0.25, -0.2) is 0 Å². The maximum atomic E-state index is 9.09. The van der Waals surface area contributed by atoms with Crippen LogP contribution in [0, 0.1) is 11.3 Å². The van der Waals surface area contributed by atoms with Gasteiger partial charge in [-0.15, -0.1) is 0 Å². The van der Waals surface area contributed by atoms with Crippen molar-refractivity contribution in [1.29, 1.82) is 5.26 Å². The van der Waals surface area contributed by atoms with Gasteiger partial charge in [-0.2, -0.15) is 5.26 Å². The molecule has 1 atom stereocenters. The van der Waals surface area contributed by atoms with E-state index in [1.807, 2.05) is 12.1 Å². The van der Waals surface area contributed by atoms with E-state index in [9.17, 15) is 0 Å². The molecular weight excluding hydrogens is 244 g/mol. The summed E-state index contributed by atoms with van der Waals surface area (Å²) in [7, 11) is 0. The third-order valence-electron chi connectivity index (χ3n) is 1.69. The van der Waals surface area contributed by atoms with E-state index in [4.69, 9.17) is 10.4 Å². The Balaban J connectivity index is 2.84. The Morgan fingerprint density at radius 2 is 2.36 bits per heavy atom. The smallest absolute Gasteiger partial charge is 0.101 e. The van der Waals surface area contributed by atoms with Crippen LogP contribution >= 0.6 is 15.9 Å².